The normalized spacial score (nSPS) is 13.7. The number of carboxylic acids is 1. The fourth-order valence-corrected chi connectivity index (χ4v) is 3.68. The van der Waals surface area contributed by atoms with Crippen LogP contribution in [0, 0.1) is 0 Å². The van der Waals surface area contributed by atoms with Crippen LogP contribution in [0.2, 0.25) is 0 Å². The van der Waals surface area contributed by atoms with Gasteiger partial charge in [0.2, 0.25) is 0 Å². The van der Waals surface area contributed by atoms with E-state index in [9.17, 15) is 22.2 Å². The summed E-state index contributed by atoms with van der Waals surface area (Å²) < 4.78 is 49.2. The van der Waals surface area contributed by atoms with Gasteiger partial charge in [0, 0.05) is 10.1 Å². The molecule has 0 spiro atoms. The van der Waals surface area contributed by atoms with E-state index < -0.39 is 32.0 Å². The minimum Gasteiger partial charge on any atom is -0.477 e. The topological polar surface area (TPSA) is 54.4 Å². The van der Waals surface area contributed by atoms with Crippen LogP contribution in [0.4, 0.5) is 13.2 Å². The maximum absolute atomic E-state index is 12.5. The largest absolute Gasteiger partial charge is 0.477 e. The highest BCUT2D eigenvalue weighted by Crippen LogP contribution is 2.38. The first-order valence-corrected chi connectivity index (χ1v) is 6.52. The Kier molecular flexibility index (Phi) is 3.16. The van der Waals surface area contributed by atoms with Gasteiger partial charge in [-0.1, -0.05) is 18.2 Å². The van der Waals surface area contributed by atoms with Crippen molar-refractivity contribution in [3.63, 3.8) is 0 Å². The summed E-state index contributed by atoms with van der Waals surface area (Å²) in [4.78, 5) is 9.73. The van der Waals surface area contributed by atoms with Gasteiger partial charge in [0.15, 0.2) is 10.8 Å². The number of fused-ring (bicyclic) bond motifs is 1. The second-order valence-electron chi connectivity index (χ2n) is 3.28. The van der Waals surface area contributed by atoms with Crippen LogP contribution in [-0.2, 0) is 10.8 Å². The number of alkyl halides is 3. The number of benzene rings is 1. The number of hydrogen-bond donors (Lipinski definition) is 1. The van der Waals surface area contributed by atoms with E-state index in [2.05, 4.69) is 0 Å². The predicted octanol–water partition coefficient (Wildman–Crippen LogP) is 3.23. The van der Waals surface area contributed by atoms with Gasteiger partial charge in [-0.05, 0) is 6.07 Å². The summed E-state index contributed by atoms with van der Waals surface area (Å²) >= 11 is 0.684. The summed E-state index contributed by atoms with van der Waals surface area (Å²) in [7, 11) is -3.35. The van der Waals surface area contributed by atoms with Crippen LogP contribution in [0.15, 0.2) is 29.2 Å². The smallest absolute Gasteiger partial charge is 0.475 e. The summed E-state index contributed by atoms with van der Waals surface area (Å²) in [5.74, 6) is -1.51. The molecule has 0 fully saturated rings. The number of thiophene rings is 1. The zero-order chi connectivity index (χ0) is 13.5. The van der Waals surface area contributed by atoms with Crippen LogP contribution >= 0.6 is 11.3 Å². The first kappa shape index (κ1) is 13.0. The van der Waals surface area contributed by atoms with Gasteiger partial charge >= 0.3 is 11.5 Å². The molecule has 0 saturated carbocycles. The predicted molar refractivity (Wildman–Crippen MR) is 61.2 cm³/mol. The second-order valence-corrected chi connectivity index (χ2v) is 5.74. The number of rotatable bonds is 2. The Bertz CT molecular complexity index is 645. The molecule has 3 nitrogen and oxygen atoms in total. The highest BCUT2D eigenvalue weighted by molar-refractivity contribution is 7.86. The molecule has 0 aliphatic carbocycles. The Labute approximate surface area is 105 Å². The number of carbonyl (C=O) groups is 1. The van der Waals surface area contributed by atoms with Crippen LogP contribution < -0.4 is 0 Å². The molecule has 0 aliphatic rings. The van der Waals surface area contributed by atoms with Crippen molar-refractivity contribution < 1.29 is 27.3 Å². The van der Waals surface area contributed by atoms with Gasteiger partial charge in [0.1, 0.15) is 4.88 Å². The van der Waals surface area contributed by atoms with Crippen LogP contribution in [0.1, 0.15) is 9.67 Å². The van der Waals surface area contributed by atoms with Gasteiger partial charge in [-0.3, -0.25) is 0 Å². The molecular weight excluding hydrogens is 289 g/mol. The Hall–Kier alpha value is -1.41. The van der Waals surface area contributed by atoms with E-state index in [1.54, 1.807) is 6.07 Å². The molecule has 2 rings (SSSR count). The molecule has 0 bridgehead atoms. The van der Waals surface area contributed by atoms with Crippen molar-refractivity contribution in [2.75, 3.05) is 0 Å². The molecule has 0 radical (unpaired) electrons. The minimum absolute atomic E-state index is 0.0653. The average Bonchev–Trinajstić information content (AvgIpc) is 2.65. The molecule has 0 saturated heterocycles. The van der Waals surface area contributed by atoms with E-state index in [0.717, 1.165) is 0 Å². The zero-order valence-corrected chi connectivity index (χ0v) is 10.2. The third-order valence-corrected chi connectivity index (χ3v) is 4.64. The Morgan fingerprint density at radius 2 is 1.89 bits per heavy atom. The SMILES string of the molecule is O=C(O)c1sc2ccccc2c1S(=O)C(F)(F)F. The Balaban J connectivity index is 2.78. The molecule has 1 atom stereocenters. The Morgan fingerprint density at radius 1 is 1.28 bits per heavy atom. The quantitative estimate of drug-likeness (QED) is 0.925. The van der Waals surface area contributed by atoms with Gasteiger partial charge in [-0.15, -0.1) is 11.3 Å². The summed E-state index contributed by atoms with van der Waals surface area (Å²) in [6.45, 7) is 0. The first-order valence-electron chi connectivity index (χ1n) is 4.56. The van der Waals surface area contributed by atoms with E-state index in [1.165, 1.54) is 18.2 Å². The lowest BCUT2D eigenvalue weighted by Gasteiger charge is -2.06. The molecule has 1 heterocycles. The molecule has 18 heavy (non-hydrogen) atoms. The lowest BCUT2D eigenvalue weighted by Crippen LogP contribution is -2.17. The van der Waals surface area contributed by atoms with E-state index in [0.29, 0.717) is 16.0 Å². The molecule has 1 unspecified atom stereocenters. The van der Waals surface area contributed by atoms with E-state index in [-0.39, 0.29) is 5.39 Å². The lowest BCUT2D eigenvalue weighted by molar-refractivity contribution is -0.0384. The maximum atomic E-state index is 12.5. The van der Waals surface area contributed by atoms with E-state index >= 15 is 0 Å². The molecule has 8 heteroatoms. The monoisotopic (exact) mass is 294 g/mol. The minimum atomic E-state index is -4.98. The van der Waals surface area contributed by atoms with Crippen LogP contribution in [0.3, 0.4) is 0 Å². The van der Waals surface area contributed by atoms with Crippen LogP contribution in [0.25, 0.3) is 10.1 Å². The van der Waals surface area contributed by atoms with Crippen molar-refractivity contribution in [3.8, 4) is 0 Å². The lowest BCUT2D eigenvalue weighted by atomic mass is 10.2. The summed E-state index contributed by atoms with van der Waals surface area (Å²) in [6, 6.07) is 5.86. The summed E-state index contributed by atoms with van der Waals surface area (Å²) in [6.07, 6.45) is 0. The molecule has 96 valence electrons. The van der Waals surface area contributed by atoms with Gasteiger partial charge in [-0.25, -0.2) is 9.00 Å². The second kappa shape index (κ2) is 4.36. The van der Waals surface area contributed by atoms with Crippen LogP contribution in [0.5, 0.6) is 0 Å². The molecule has 1 aromatic heterocycles. The number of carboxylic acid groups (broad SMARTS) is 1. The molecular formula is C10H5F3O3S2. The Morgan fingerprint density at radius 3 is 2.44 bits per heavy atom. The number of aromatic carboxylic acids is 1. The summed E-state index contributed by atoms with van der Waals surface area (Å²) in [5.41, 5.74) is -4.98. The molecule has 2 aromatic rings. The highest BCUT2D eigenvalue weighted by atomic mass is 32.2. The van der Waals surface area contributed by atoms with Gasteiger partial charge < -0.3 is 5.11 Å². The van der Waals surface area contributed by atoms with Crippen molar-refractivity contribution in [2.45, 2.75) is 10.4 Å². The van der Waals surface area contributed by atoms with E-state index in [4.69, 9.17) is 5.11 Å². The van der Waals surface area contributed by atoms with Crippen molar-refractivity contribution in [3.05, 3.63) is 29.1 Å². The third-order valence-electron chi connectivity index (χ3n) is 2.14. The summed E-state index contributed by atoms with van der Waals surface area (Å²) in [5, 5.41) is 8.96. The van der Waals surface area contributed by atoms with E-state index in [1.807, 2.05) is 0 Å². The average molecular weight is 294 g/mol. The first-order chi connectivity index (χ1) is 8.32. The molecule has 0 amide bonds. The third kappa shape index (κ3) is 2.13. The number of halogens is 3. The molecule has 1 aromatic carbocycles. The molecule has 1 N–H and O–H groups in total. The van der Waals surface area contributed by atoms with Crippen molar-refractivity contribution in [1.82, 2.24) is 0 Å². The standard InChI is InChI=1S/C10H5F3O3S2/c11-10(12,13)18(16)8-5-3-1-2-4-6(5)17-7(8)9(14)15/h1-4H,(H,14,15). The van der Waals surface area contributed by atoms with Crippen molar-refractivity contribution in [1.29, 1.82) is 0 Å². The number of hydrogen-bond acceptors (Lipinski definition) is 3. The van der Waals surface area contributed by atoms with Crippen molar-refractivity contribution in [2.24, 2.45) is 0 Å². The fraction of sp³-hybridized carbons (Fsp3) is 0.100. The van der Waals surface area contributed by atoms with Crippen molar-refractivity contribution >= 4 is 38.2 Å². The van der Waals surface area contributed by atoms with Gasteiger partial charge in [0.25, 0.3) is 0 Å². The van der Waals surface area contributed by atoms with Gasteiger partial charge in [-0.2, -0.15) is 13.2 Å². The fourth-order valence-electron chi connectivity index (χ4n) is 1.46. The van der Waals surface area contributed by atoms with Gasteiger partial charge in [0.05, 0.1) is 4.90 Å². The zero-order valence-electron chi connectivity index (χ0n) is 8.52. The highest BCUT2D eigenvalue weighted by Gasteiger charge is 2.41. The van der Waals surface area contributed by atoms with Crippen LogP contribution in [-0.4, -0.2) is 20.8 Å². The maximum Gasteiger partial charge on any atom is 0.475 e. The molecule has 0 aliphatic heterocycles.